The minimum Gasteiger partial charge on any atom is -0.396 e. The predicted octanol–water partition coefficient (Wildman–Crippen LogP) is 1.50. The van der Waals surface area contributed by atoms with Crippen molar-refractivity contribution in [2.45, 2.75) is 6.42 Å². The molecule has 1 aromatic carbocycles. The number of ketones is 1. The lowest BCUT2D eigenvalue weighted by Crippen LogP contribution is -2.04. The maximum Gasteiger partial charge on any atom is 0.166 e. The third kappa shape index (κ3) is 1.63. The van der Waals surface area contributed by atoms with Crippen LogP contribution < -0.4 is 0 Å². The van der Waals surface area contributed by atoms with E-state index in [2.05, 4.69) is 0 Å². The Bertz CT molecular complexity index is 305. The van der Waals surface area contributed by atoms with Gasteiger partial charge in [0, 0.05) is 18.1 Å². The Labute approximate surface area is 77.2 Å². The van der Waals surface area contributed by atoms with Crippen molar-refractivity contribution in [3.05, 3.63) is 35.9 Å². The SMILES string of the molecule is O=C(c1ccccc1)[C@@H]1C[C@H]1CO. The highest BCUT2D eigenvalue weighted by Crippen LogP contribution is 2.40. The van der Waals surface area contributed by atoms with Gasteiger partial charge in [-0.1, -0.05) is 30.3 Å². The summed E-state index contributed by atoms with van der Waals surface area (Å²) < 4.78 is 0. The molecule has 2 nitrogen and oxygen atoms in total. The number of aliphatic hydroxyl groups excluding tert-OH is 1. The molecule has 1 aromatic rings. The summed E-state index contributed by atoms with van der Waals surface area (Å²) in [6.45, 7) is 0.142. The van der Waals surface area contributed by atoms with Crippen molar-refractivity contribution < 1.29 is 9.90 Å². The monoisotopic (exact) mass is 176 g/mol. The van der Waals surface area contributed by atoms with Crippen LogP contribution in [0.5, 0.6) is 0 Å². The average Bonchev–Trinajstić information content (AvgIpc) is 2.97. The van der Waals surface area contributed by atoms with Gasteiger partial charge in [0.05, 0.1) is 0 Å². The Hall–Kier alpha value is -1.15. The van der Waals surface area contributed by atoms with Gasteiger partial charge in [0.1, 0.15) is 0 Å². The first-order chi connectivity index (χ1) is 6.33. The zero-order chi connectivity index (χ0) is 9.26. The van der Waals surface area contributed by atoms with Crippen molar-refractivity contribution in [3.63, 3.8) is 0 Å². The van der Waals surface area contributed by atoms with E-state index in [1.54, 1.807) is 0 Å². The van der Waals surface area contributed by atoms with Gasteiger partial charge in [0.15, 0.2) is 5.78 Å². The molecule has 1 aliphatic carbocycles. The smallest absolute Gasteiger partial charge is 0.166 e. The summed E-state index contributed by atoms with van der Waals surface area (Å²) >= 11 is 0. The van der Waals surface area contributed by atoms with Crippen LogP contribution in [0.25, 0.3) is 0 Å². The molecule has 68 valence electrons. The van der Waals surface area contributed by atoms with E-state index in [0.717, 1.165) is 12.0 Å². The first kappa shape index (κ1) is 8.45. The Balaban J connectivity index is 2.07. The maximum atomic E-state index is 11.7. The Morgan fingerprint density at radius 2 is 2.08 bits per heavy atom. The molecule has 2 atom stereocenters. The van der Waals surface area contributed by atoms with Crippen molar-refractivity contribution in [3.8, 4) is 0 Å². The lowest BCUT2D eigenvalue weighted by molar-refractivity contribution is 0.0954. The lowest BCUT2D eigenvalue weighted by Gasteiger charge is -1.97. The van der Waals surface area contributed by atoms with E-state index in [1.807, 2.05) is 30.3 Å². The number of carbonyl (C=O) groups excluding carboxylic acids is 1. The summed E-state index contributed by atoms with van der Waals surface area (Å²) in [6, 6.07) is 9.28. The molecule has 0 saturated heterocycles. The fourth-order valence-corrected chi connectivity index (χ4v) is 1.59. The van der Waals surface area contributed by atoms with E-state index >= 15 is 0 Å². The number of hydrogen-bond donors (Lipinski definition) is 1. The first-order valence-electron chi connectivity index (χ1n) is 4.53. The van der Waals surface area contributed by atoms with E-state index < -0.39 is 0 Å². The van der Waals surface area contributed by atoms with Gasteiger partial charge in [-0.05, 0) is 12.3 Å². The van der Waals surface area contributed by atoms with Crippen molar-refractivity contribution in [1.29, 1.82) is 0 Å². The van der Waals surface area contributed by atoms with Gasteiger partial charge in [0.25, 0.3) is 0 Å². The summed E-state index contributed by atoms with van der Waals surface area (Å²) in [5.41, 5.74) is 0.767. The fraction of sp³-hybridized carbons (Fsp3) is 0.364. The van der Waals surface area contributed by atoms with Crippen LogP contribution in [-0.2, 0) is 0 Å². The van der Waals surface area contributed by atoms with Gasteiger partial charge in [-0.15, -0.1) is 0 Å². The van der Waals surface area contributed by atoms with E-state index in [0.29, 0.717) is 0 Å². The molecule has 1 fully saturated rings. The van der Waals surface area contributed by atoms with Crippen LogP contribution in [0, 0.1) is 11.8 Å². The van der Waals surface area contributed by atoms with Crippen molar-refractivity contribution in [2.75, 3.05) is 6.61 Å². The van der Waals surface area contributed by atoms with Crippen molar-refractivity contribution in [1.82, 2.24) is 0 Å². The number of aliphatic hydroxyl groups is 1. The minimum absolute atomic E-state index is 0.0763. The second-order valence-electron chi connectivity index (χ2n) is 3.52. The zero-order valence-electron chi connectivity index (χ0n) is 7.31. The molecule has 0 aromatic heterocycles. The first-order valence-corrected chi connectivity index (χ1v) is 4.53. The largest absolute Gasteiger partial charge is 0.396 e. The summed E-state index contributed by atoms with van der Waals surface area (Å²) in [7, 11) is 0. The molecular weight excluding hydrogens is 164 g/mol. The summed E-state index contributed by atoms with van der Waals surface area (Å²) in [6.07, 6.45) is 0.851. The number of rotatable bonds is 3. The van der Waals surface area contributed by atoms with Gasteiger partial charge in [-0.3, -0.25) is 4.79 Å². The van der Waals surface area contributed by atoms with Gasteiger partial charge >= 0.3 is 0 Å². The number of carbonyl (C=O) groups is 1. The van der Waals surface area contributed by atoms with Crippen LogP contribution in [-0.4, -0.2) is 17.5 Å². The normalized spacial score (nSPS) is 25.6. The molecule has 2 heteroatoms. The highest BCUT2D eigenvalue weighted by atomic mass is 16.3. The summed E-state index contributed by atoms with van der Waals surface area (Å²) in [5.74, 6) is 0.472. The number of hydrogen-bond acceptors (Lipinski definition) is 2. The minimum atomic E-state index is 0.0763. The quantitative estimate of drug-likeness (QED) is 0.708. The van der Waals surface area contributed by atoms with Crippen LogP contribution in [0.3, 0.4) is 0 Å². The molecule has 1 aliphatic rings. The summed E-state index contributed by atoms with van der Waals surface area (Å²) in [4.78, 5) is 11.7. The molecule has 2 rings (SSSR count). The molecule has 0 amide bonds. The standard InChI is InChI=1S/C11H12O2/c12-7-9-6-10(9)11(13)8-4-2-1-3-5-8/h1-5,9-10,12H,6-7H2/t9-,10+/m0/s1. The third-order valence-electron chi connectivity index (χ3n) is 2.55. The van der Waals surface area contributed by atoms with Crippen LogP contribution in [0.15, 0.2) is 30.3 Å². The molecule has 0 radical (unpaired) electrons. The van der Waals surface area contributed by atoms with E-state index in [9.17, 15) is 4.79 Å². The number of benzene rings is 1. The second-order valence-corrected chi connectivity index (χ2v) is 3.52. The van der Waals surface area contributed by atoms with Gasteiger partial charge in [-0.2, -0.15) is 0 Å². The van der Waals surface area contributed by atoms with E-state index in [1.165, 1.54) is 0 Å². The molecule has 0 heterocycles. The Kier molecular flexibility index (Phi) is 2.15. The molecule has 0 aliphatic heterocycles. The Morgan fingerprint density at radius 3 is 2.62 bits per heavy atom. The van der Waals surface area contributed by atoms with E-state index in [-0.39, 0.29) is 24.2 Å². The molecule has 0 spiro atoms. The predicted molar refractivity (Wildman–Crippen MR) is 49.5 cm³/mol. The highest BCUT2D eigenvalue weighted by Gasteiger charge is 2.42. The van der Waals surface area contributed by atoms with Crippen LogP contribution in [0.2, 0.25) is 0 Å². The van der Waals surface area contributed by atoms with Crippen molar-refractivity contribution >= 4 is 5.78 Å². The van der Waals surface area contributed by atoms with Gasteiger partial charge < -0.3 is 5.11 Å². The summed E-state index contributed by atoms with van der Waals surface area (Å²) in [5, 5.41) is 8.82. The Morgan fingerprint density at radius 1 is 1.38 bits per heavy atom. The topological polar surface area (TPSA) is 37.3 Å². The van der Waals surface area contributed by atoms with Crippen LogP contribution in [0.4, 0.5) is 0 Å². The molecule has 1 saturated carbocycles. The maximum absolute atomic E-state index is 11.7. The lowest BCUT2D eigenvalue weighted by atomic mass is 10.1. The van der Waals surface area contributed by atoms with Crippen LogP contribution in [0.1, 0.15) is 16.8 Å². The van der Waals surface area contributed by atoms with Gasteiger partial charge in [0.2, 0.25) is 0 Å². The molecule has 1 N–H and O–H groups in total. The molecular formula is C11H12O2. The average molecular weight is 176 g/mol. The highest BCUT2D eigenvalue weighted by molar-refractivity contribution is 5.99. The second kappa shape index (κ2) is 3.30. The third-order valence-corrected chi connectivity index (χ3v) is 2.55. The molecule has 13 heavy (non-hydrogen) atoms. The number of Topliss-reactive ketones (excluding diaryl/α,β-unsaturated/α-hetero) is 1. The molecule has 0 unspecified atom stereocenters. The molecule has 0 bridgehead atoms. The van der Waals surface area contributed by atoms with E-state index in [4.69, 9.17) is 5.11 Å². The van der Waals surface area contributed by atoms with Gasteiger partial charge in [-0.25, -0.2) is 0 Å². The van der Waals surface area contributed by atoms with Crippen LogP contribution >= 0.6 is 0 Å². The zero-order valence-corrected chi connectivity index (χ0v) is 7.31. The fourth-order valence-electron chi connectivity index (χ4n) is 1.59. The van der Waals surface area contributed by atoms with Crippen molar-refractivity contribution in [2.24, 2.45) is 11.8 Å².